The first kappa shape index (κ1) is 13.2. The fourth-order valence-corrected chi connectivity index (χ4v) is 3.16. The summed E-state index contributed by atoms with van der Waals surface area (Å²) in [5.41, 5.74) is 3.84. The van der Waals surface area contributed by atoms with Gasteiger partial charge in [-0.2, -0.15) is 0 Å². The van der Waals surface area contributed by atoms with Crippen LogP contribution in [0.1, 0.15) is 11.1 Å². The Morgan fingerprint density at radius 1 is 1.41 bits per heavy atom. The van der Waals surface area contributed by atoms with Crippen LogP contribution in [-0.2, 0) is 0 Å². The van der Waals surface area contributed by atoms with Gasteiger partial charge in [0, 0.05) is 16.4 Å². The molecule has 0 saturated carbocycles. The second kappa shape index (κ2) is 5.16. The van der Waals surface area contributed by atoms with Crippen molar-refractivity contribution in [1.29, 1.82) is 0 Å². The molecule has 0 radical (unpaired) electrons. The molecule has 1 aromatic carbocycles. The second-order valence-corrected chi connectivity index (χ2v) is 5.59. The van der Waals surface area contributed by atoms with Gasteiger partial charge in [-0.25, -0.2) is 0 Å². The van der Waals surface area contributed by atoms with Crippen LogP contribution in [0.25, 0.3) is 5.70 Å². The van der Waals surface area contributed by atoms with E-state index in [4.69, 9.17) is 0 Å². The maximum atomic E-state index is 4.46. The summed E-state index contributed by atoms with van der Waals surface area (Å²) in [4.78, 5) is 6.76. The third-order valence-corrected chi connectivity index (χ3v) is 4.61. The first-order valence-electron chi connectivity index (χ1n) is 5.21. The molecule has 0 aromatic heterocycles. The lowest BCUT2D eigenvalue weighted by atomic mass is 10.1. The van der Waals surface area contributed by atoms with Crippen LogP contribution in [0, 0.1) is 6.92 Å². The normalized spacial score (nSPS) is 17.4. The van der Waals surface area contributed by atoms with E-state index in [9.17, 15) is 0 Å². The van der Waals surface area contributed by atoms with Crippen LogP contribution in [0.5, 0.6) is 0 Å². The van der Waals surface area contributed by atoms with Gasteiger partial charge in [-0.05, 0) is 30.2 Å². The van der Waals surface area contributed by atoms with Crippen LogP contribution < -0.4 is 0 Å². The molecule has 3 rings (SSSR count). The van der Waals surface area contributed by atoms with Gasteiger partial charge in [-0.15, -0.1) is 17.0 Å². The molecule has 2 aliphatic rings. The SMILES string of the molecule is Br.Cc1cc(C2=CSC3=NCCN23)ccc1Br. The van der Waals surface area contributed by atoms with Crippen molar-refractivity contribution >= 4 is 55.5 Å². The van der Waals surface area contributed by atoms with E-state index in [2.05, 4.69) is 56.4 Å². The quantitative estimate of drug-likeness (QED) is 0.735. The lowest BCUT2D eigenvalue weighted by Gasteiger charge is -2.17. The molecule has 0 bridgehead atoms. The number of halogens is 2. The molecule has 0 saturated heterocycles. The van der Waals surface area contributed by atoms with E-state index in [1.165, 1.54) is 16.8 Å². The number of rotatable bonds is 1. The van der Waals surface area contributed by atoms with Gasteiger partial charge in [0.05, 0.1) is 12.2 Å². The molecular formula is C12H12Br2N2S. The number of aliphatic imine (C=N–C) groups is 1. The maximum Gasteiger partial charge on any atom is 0.168 e. The Hall–Kier alpha value is -0.260. The number of thioether (sulfide) groups is 1. The summed E-state index contributed by atoms with van der Waals surface area (Å²) in [6.07, 6.45) is 0. The number of benzene rings is 1. The Balaban J connectivity index is 0.00000108. The number of hydrogen-bond acceptors (Lipinski definition) is 3. The monoisotopic (exact) mass is 374 g/mol. The summed E-state index contributed by atoms with van der Waals surface area (Å²) in [5, 5.41) is 3.34. The predicted octanol–water partition coefficient (Wildman–Crippen LogP) is 4.05. The largest absolute Gasteiger partial charge is 0.318 e. The van der Waals surface area contributed by atoms with Crippen molar-refractivity contribution in [3.8, 4) is 0 Å². The highest BCUT2D eigenvalue weighted by Gasteiger charge is 2.26. The zero-order chi connectivity index (χ0) is 11.1. The van der Waals surface area contributed by atoms with Gasteiger partial charge < -0.3 is 4.90 Å². The highest BCUT2D eigenvalue weighted by molar-refractivity contribution is 9.10. The van der Waals surface area contributed by atoms with Gasteiger partial charge in [0.15, 0.2) is 5.17 Å². The molecule has 0 amide bonds. The topological polar surface area (TPSA) is 15.6 Å². The number of fused-ring (bicyclic) bond motifs is 1. The highest BCUT2D eigenvalue weighted by atomic mass is 79.9. The smallest absolute Gasteiger partial charge is 0.168 e. The lowest BCUT2D eigenvalue weighted by molar-refractivity contribution is 0.650. The molecule has 17 heavy (non-hydrogen) atoms. The third-order valence-electron chi connectivity index (χ3n) is 2.82. The second-order valence-electron chi connectivity index (χ2n) is 3.90. The molecule has 0 atom stereocenters. The standard InChI is InChI=1S/C12H11BrN2S.BrH/c1-8-6-9(2-3-10(8)13)11-7-16-12-14-4-5-15(11)12;/h2-3,6-7H,4-5H2,1H3;1H. The number of nitrogens with zero attached hydrogens (tertiary/aromatic N) is 2. The van der Waals surface area contributed by atoms with Crippen molar-refractivity contribution < 1.29 is 0 Å². The van der Waals surface area contributed by atoms with E-state index in [-0.39, 0.29) is 17.0 Å². The minimum absolute atomic E-state index is 0. The van der Waals surface area contributed by atoms with Gasteiger partial charge in [-0.3, -0.25) is 4.99 Å². The summed E-state index contributed by atoms with van der Waals surface area (Å²) >= 11 is 5.26. The van der Waals surface area contributed by atoms with Gasteiger partial charge in [-0.1, -0.05) is 33.8 Å². The molecule has 2 aliphatic heterocycles. The van der Waals surface area contributed by atoms with Gasteiger partial charge in [0.2, 0.25) is 0 Å². The van der Waals surface area contributed by atoms with Crippen LogP contribution in [-0.4, -0.2) is 23.2 Å². The molecule has 0 spiro atoms. The Bertz CT molecular complexity index is 511. The van der Waals surface area contributed by atoms with E-state index < -0.39 is 0 Å². The highest BCUT2D eigenvalue weighted by Crippen LogP contribution is 2.36. The van der Waals surface area contributed by atoms with Crippen LogP contribution >= 0.6 is 44.7 Å². The van der Waals surface area contributed by atoms with Crippen LogP contribution in [0.2, 0.25) is 0 Å². The Morgan fingerprint density at radius 3 is 3.00 bits per heavy atom. The zero-order valence-electron chi connectivity index (χ0n) is 9.31. The molecule has 0 aliphatic carbocycles. The molecule has 0 unspecified atom stereocenters. The first-order chi connectivity index (χ1) is 7.75. The van der Waals surface area contributed by atoms with Gasteiger partial charge in [0.1, 0.15) is 0 Å². The Kier molecular flexibility index (Phi) is 4.00. The molecule has 90 valence electrons. The third kappa shape index (κ3) is 2.33. The molecule has 2 nitrogen and oxygen atoms in total. The van der Waals surface area contributed by atoms with E-state index >= 15 is 0 Å². The van der Waals surface area contributed by atoms with E-state index in [1.54, 1.807) is 11.8 Å². The lowest BCUT2D eigenvalue weighted by Crippen LogP contribution is -2.19. The fourth-order valence-electron chi connectivity index (χ4n) is 1.95. The van der Waals surface area contributed by atoms with Crippen molar-refractivity contribution in [3.63, 3.8) is 0 Å². The predicted molar refractivity (Wildman–Crippen MR) is 83.8 cm³/mol. The molecule has 2 heterocycles. The fraction of sp³-hybridized carbons (Fsp3) is 0.250. The van der Waals surface area contributed by atoms with Crippen LogP contribution in [0.3, 0.4) is 0 Å². The Labute approximate surface area is 124 Å². The summed E-state index contributed by atoms with van der Waals surface area (Å²) in [6, 6.07) is 6.49. The zero-order valence-corrected chi connectivity index (χ0v) is 13.4. The summed E-state index contributed by atoms with van der Waals surface area (Å²) in [5.74, 6) is 0. The number of aryl methyl sites for hydroxylation is 1. The summed E-state index contributed by atoms with van der Waals surface area (Å²) < 4.78 is 1.16. The maximum absolute atomic E-state index is 4.46. The van der Waals surface area contributed by atoms with Crippen LogP contribution in [0.4, 0.5) is 0 Å². The van der Waals surface area contributed by atoms with Crippen molar-refractivity contribution in [2.24, 2.45) is 4.99 Å². The van der Waals surface area contributed by atoms with Gasteiger partial charge in [0.25, 0.3) is 0 Å². The molecule has 0 N–H and O–H groups in total. The molecular weight excluding hydrogens is 364 g/mol. The van der Waals surface area contributed by atoms with Crippen molar-refractivity contribution in [3.05, 3.63) is 39.2 Å². The van der Waals surface area contributed by atoms with Crippen molar-refractivity contribution in [2.45, 2.75) is 6.92 Å². The minimum Gasteiger partial charge on any atom is -0.318 e. The van der Waals surface area contributed by atoms with E-state index in [0.29, 0.717) is 0 Å². The minimum atomic E-state index is 0. The van der Waals surface area contributed by atoms with Crippen molar-refractivity contribution in [2.75, 3.05) is 13.1 Å². The van der Waals surface area contributed by atoms with Crippen molar-refractivity contribution in [1.82, 2.24) is 4.90 Å². The summed E-state index contributed by atoms with van der Waals surface area (Å²) in [6.45, 7) is 4.06. The van der Waals surface area contributed by atoms with E-state index in [1.807, 2.05) is 0 Å². The Morgan fingerprint density at radius 2 is 2.24 bits per heavy atom. The molecule has 5 heteroatoms. The van der Waals surface area contributed by atoms with Crippen LogP contribution in [0.15, 0.2) is 33.1 Å². The first-order valence-corrected chi connectivity index (χ1v) is 6.88. The number of hydrogen-bond donors (Lipinski definition) is 0. The summed E-state index contributed by atoms with van der Waals surface area (Å²) in [7, 11) is 0. The molecule has 0 fully saturated rings. The van der Waals surface area contributed by atoms with E-state index in [0.717, 1.165) is 22.7 Å². The molecule has 1 aromatic rings. The van der Waals surface area contributed by atoms with Gasteiger partial charge >= 0.3 is 0 Å². The number of amidine groups is 1. The average Bonchev–Trinajstić information content (AvgIpc) is 2.83. The average molecular weight is 376 g/mol.